The second-order valence-electron chi connectivity index (χ2n) is 18.5. The van der Waals surface area contributed by atoms with Gasteiger partial charge in [-0.1, -0.05) is 93.2 Å². The van der Waals surface area contributed by atoms with E-state index in [-0.39, 0.29) is 40.8 Å². The molecular formula is C52H56Br2O14Pb. The molecule has 0 unspecified atom stereocenters. The van der Waals surface area contributed by atoms with Crippen LogP contribution in [0.3, 0.4) is 0 Å². The van der Waals surface area contributed by atoms with Gasteiger partial charge in [-0.15, -0.1) is 0 Å². The van der Waals surface area contributed by atoms with E-state index in [4.69, 9.17) is 14.2 Å². The Morgan fingerprint density at radius 2 is 0.986 bits per heavy atom. The molecule has 0 heterocycles. The van der Waals surface area contributed by atoms with Crippen molar-refractivity contribution in [2.45, 2.75) is 126 Å². The minimum atomic E-state index is -5.43. The van der Waals surface area contributed by atoms with Crippen molar-refractivity contribution in [1.29, 1.82) is 0 Å². The van der Waals surface area contributed by atoms with E-state index in [0.29, 0.717) is 24.5 Å². The van der Waals surface area contributed by atoms with E-state index >= 15 is 0 Å². The van der Waals surface area contributed by atoms with Gasteiger partial charge < -0.3 is 14.2 Å². The fourth-order valence-corrected chi connectivity index (χ4v) is 17.8. The summed E-state index contributed by atoms with van der Waals surface area (Å²) in [7, 11) is 0. The maximum absolute atomic E-state index is 11.9. The van der Waals surface area contributed by atoms with Crippen LogP contribution in [0.5, 0.6) is 0 Å². The second kappa shape index (κ2) is 21.2. The van der Waals surface area contributed by atoms with Gasteiger partial charge in [0.25, 0.3) is 0 Å². The zero-order valence-corrected chi connectivity index (χ0v) is 47.6. The van der Waals surface area contributed by atoms with Crippen LogP contribution in [-0.2, 0) is 64.9 Å². The number of carbonyl (C=O) groups excluding carboxylic acids is 7. The molecule has 14 nitrogen and oxygen atoms in total. The van der Waals surface area contributed by atoms with Gasteiger partial charge in [0.2, 0.25) is 0 Å². The molecule has 0 amide bonds. The summed E-state index contributed by atoms with van der Waals surface area (Å²) >= 11 is 2.07. The first kappa shape index (κ1) is 53.4. The summed E-state index contributed by atoms with van der Waals surface area (Å²) in [5.74, 6) is -2.24. The molecule has 0 bridgehead atoms. The molecule has 5 atom stereocenters. The van der Waals surface area contributed by atoms with Gasteiger partial charge in [0.15, 0.2) is 0 Å². The third kappa shape index (κ3) is 12.3. The van der Waals surface area contributed by atoms with Crippen LogP contribution in [-0.4, -0.2) is 64.8 Å². The molecule has 8 rings (SSSR count). The van der Waals surface area contributed by atoms with Crippen molar-refractivity contribution in [3.63, 3.8) is 0 Å². The molecule has 0 radical (unpaired) electrons. The second-order valence-corrected chi connectivity index (χ2v) is 27.3. The summed E-state index contributed by atoms with van der Waals surface area (Å²) in [6, 6.07) is 17.5. The molecule has 0 spiro atoms. The summed E-state index contributed by atoms with van der Waals surface area (Å²) in [6.45, 7) is 17.0. The number of halogens is 2. The monoisotopic (exact) mass is 1270 g/mol. The normalized spacial score (nSPS) is 21.7. The molecule has 0 saturated heterocycles. The van der Waals surface area contributed by atoms with Gasteiger partial charge in [0.05, 0.1) is 0 Å². The van der Waals surface area contributed by atoms with E-state index in [1.807, 2.05) is 6.08 Å². The molecule has 0 N–H and O–H groups in total. The van der Waals surface area contributed by atoms with Crippen LogP contribution >= 0.6 is 31.9 Å². The number of rotatable bonds is 7. The molecule has 4 aromatic rings. The van der Waals surface area contributed by atoms with Crippen molar-refractivity contribution in [3.05, 3.63) is 115 Å². The van der Waals surface area contributed by atoms with E-state index in [9.17, 15) is 33.6 Å². The fraction of sp³-hybridized carbons (Fsp3) is 0.404. The number of allylic oxidation sites excluding steroid dienone is 4. The van der Waals surface area contributed by atoms with Crippen molar-refractivity contribution in [3.8, 4) is 0 Å². The number of fused-ring (bicyclic) bond motifs is 10. The van der Waals surface area contributed by atoms with Gasteiger partial charge in [-0.3, -0.25) is 14.4 Å². The Balaban J connectivity index is 0.000000176. The molecule has 0 aliphatic heterocycles. The third-order valence-corrected chi connectivity index (χ3v) is 22.3. The van der Waals surface area contributed by atoms with Gasteiger partial charge in [0.1, 0.15) is 17.6 Å². The predicted octanol–water partition coefficient (Wildman–Crippen LogP) is 11.3. The summed E-state index contributed by atoms with van der Waals surface area (Å²) in [5, 5.41) is 4.87. The maximum atomic E-state index is 11.9. The standard InChI is InChI=1S/C23H23BrO4.C21H21BrO2.4C2H4O2.Pb/c1-12-5-6-16-17(7-12)22-18(9-20(16)24)19-8-15(27-13(2)25)10-23(19,4)11-21(22)28-14(3)26;1-12-4-5-16-17(8-12)15-6-7-21(3)11-14(24-13(2)23)9-19(21)18(15)10-20(16)22;4*1-2(3)4;/h5-7,9-10,19,21H,8,11H2,1-4H3;4-5,8,10-11,19H,6-7,9H2,1-3H3;4*1H3,(H,3,4);/q;;;;;;+4/p-4/t19-,21+,23-;19-,21+;;;;;/m00...../s1. The summed E-state index contributed by atoms with van der Waals surface area (Å²) < 4.78 is 37.3. The molecule has 366 valence electrons. The van der Waals surface area contributed by atoms with Gasteiger partial charge in [0, 0.05) is 65.4 Å². The van der Waals surface area contributed by atoms with Crippen LogP contribution in [0.2, 0.25) is 0 Å². The molecule has 69 heavy (non-hydrogen) atoms. The summed E-state index contributed by atoms with van der Waals surface area (Å²) in [6.07, 6.45) is 8.22. The Morgan fingerprint density at radius 3 is 1.45 bits per heavy atom. The van der Waals surface area contributed by atoms with Crippen LogP contribution in [0.15, 0.2) is 81.1 Å². The third-order valence-electron chi connectivity index (χ3n) is 12.6. The summed E-state index contributed by atoms with van der Waals surface area (Å²) in [5.41, 5.74) is 7.40. The molecule has 4 aliphatic carbocycles. The van der Waals surface area contributed by atoms with E-state index < -0.39 is 46.9 Å². The molecular weight excluding hydrogens is 1220 g/mol. The van der Waals surface area contributed by atoms with E-state index in [0.717, 1.165) is 89.1 Å². The molecule has 0 aromatic heterocycles. The van der Waals surface area contributed by atoms with Gasteiger partial charge in [-0.05, 0) is 101 Å². The van der Waals surface area contributed by atoms with Crippen molar-refractivity contribution in [2.24, 2.45) is 10.8 Å². The SMILES string of the molecule is CC(=O)OC1=C[C@@]2(C)CCc3c(cc(Br)c4ccc(C)cc34)[C@@H]2C1.CC(=O)OC1=C[C@@]2(C)C[C@@H](OC(C)=O)c3c(cc(Br)c4ccc(C)cc34)[C@@H]2C1.CC(=O)[O][Pb]([O]C(C)=O)([O]C(C)=O)[O]C(C)=O. The average Bonchev–Trinajstić information content (AvgIpc) is 3.71. The Morgan fingerprint density at radius 1 is 0.551 bits per heavy atom. The van der Waals surface area contributed by atoms with Gasteiger partial charge in [-0.25, -0.2) is 0 Å². The van der Waals surface area contributed by atoms with E-state index in [1.165, 1.54) is 48.2 Å². The number of benzene rings is 4. The predicted molar refractivity (Wildman–Crippen MR) is 264 cm³/mol. The number of hydrogen-bond acceptors (Lipinski definition) is 14. The first-order valence-corrected chi connectivity index (χ1v) is 30.4. The number of ether oxygens (including phenoxy) is 3. The number of hydrogen-bond donors (Lipinski definition) is 0. The summed E-state index contributed by atoms with van der Waals surface area (Å²) in [4.78, 5) is 78.2. The number of esters is 3. The van der Waals surface area contributed by atoms with Crippen LogP contribution in [0.25, 0.3) is 21.5 Å². The first-order valence-electron chi connectivity index (χ1n) is 22.4. The Bertz CT molecular complexity index is 2800. The Hall–Kier alpha value is -4.95. The minimum absolute atomic E-state index is 0.0781. The van der Waals surface area contributed by atoms with Crippen LogP contribution in [0.4, 0.5) is 0 Å². The van der Waals surface area contributed by atoms with Crippen molar-refractivity contribution in [1.82, 2.24) is 0 Å². The number of aryl methyl sites for hydroxylation is 3. The molecule has 17 heteroatoms. The number of carbonyl (C=O) groups is 7. The van der Waals surface area contributed by atoms with E-state index in [1.54, 1.807) is 0 Å². The zero-order chi connectivity index (χ0) is 50.9. The van der Waals surface area contributed by atoms with Crippen molar-refractivity contribution < 1.29 is 58.5 Å². The van der Waals surface area contributed by atoms with Gasteiger partial charge in [-0.2, -0.15) is 0 Å². The van der Waals surface area contributed by atoms with Crippen molar-refractivity contribution >= 4 is 118 Å². The van der Waals surface area contributed by atoms with Crippen LogP contribution in [0.1, 0.15) is 139 Å². The topological polar surface area (TPSA) is 184 Å². The van der Waals surface area contributed by atoms with Crippen molar-refractivity contribution in [2.75, 3.05) is 0 Å². The van der Waals surface area contributed by atoms with Gasteiger partial charge >= 0.3 is 122 Å². The molecule has 4 aromatic carbocycles. The quantitative estimate of drug-likeness (QED) is 0.0967. The zero-order valence-electron chi connectivity index (χ0n) is 40.5. The van der Waals surface area contributed by atoms with Crippen LogP contribution < -0.4 is 0 Å². The molecule has 4 aliphatic rings. The molecule has 0 saturated carbocycles. The Labute approximate surface area is 425 Å². The Kier molecular flexibility index (Phi) is 16.4. The average molecular weight is 1270 g/mol. The molecule has 0 fully saturated rings. The van der Waals surface area contributed by atoms with E-state index in [2.05, 4.69) is 125 Å². The van der Waals surface area contributed by atoms with Crippen LogP contribution in [0, 0.1) is 24.7 Å². The first-order chi connectivity index (χ1) is 32.2. The fourth-order valence-electron chi connectivity index (χ4n) is 10.2.